The number of hydrogen-bond acceptors (Lipinski definition) is 2. The Hall–Kier alpha value is -6.90. The zero-order valence-electron chi connectivity index (χ0n) is 28.4. The molecule has 0 radical (unpaired) electrons. The van der Waals surface area contributed by atoms with E-state index in [4.69, 9.17) is 4.42 Å². The second-order valence-electron chi connectivity index (χ2n) is 13.3. The van der Waals surface area contributed by atoms with E-state index in [1.165, 1.54) is 43.8 Å². The summed E-state index contributed by atoms with van der Waals surface area (Å²) in [7, 11) is 0. The molecule has 0 N–H and O–H groups in total. The van der Waals surface area contributed by atoms with Crippen LogP contribution in [0.3, 0.4) is 0 Å². The monoisotopic (exact) mass is 663 g/mol. The zero-order chi connectivity index (χ0) is 34.4. The quantitative estimate of drug-likeness (QED) is 0.176. The van der Waals surface area contributed by atoms with E-state index in [-0.39, 0.29) is 0 Å². The van der Waals surface area contributed by atoms with Crippen molar-refractivity contribution in [1.29, 1.82) is 0 Å². The molecule has 0 fully saturated rings. The number of fused-ring (bicyclic) bond motifs is 6. The normalized spacial score (nSPS) is 11.5. The van der Waals surface area contributed by atoms with Crippen molar-refractivity contribution < 1.29 is 4.42 Å². The van der Waals surface area contributed by atoms with Gasteiger partial charge in [0.1, 0.15) is 11.2 Å². The molecule has 10 aromatic rings. The minimum Gasteiger partial charge on any atom is -0.455 e. The van der Waals surface area contributed by atoms with Gasteiger partial charge in [-0.2, -0.15) is 0 Å². The summed E-state index contributed by atoms with van der Waals surface area (Å²) >= 11 is 0. The zero-order valence-corrected chi connectivity index (χ0v) is 28.4. The molecule has 0 aliphatic heterocycles. The van der Waals surface area contributed by atoms with Crippen LogP contribution in [0.5, 0.6) is 0 Å². The van der Waals surface area contributed by atoms with Crippen LogP contribution in [0.15, 0.2) is 205 Å². The summed E-state index contributed by atoms with van der Waals surface area (Å²) in [5.41, 5.74) is 12.0. The molecule has 2 nitrogen and oxygen atoms in total. The number of hydrogen-bond donors (Lipinski definition) is 0. The van der Waals surface area contributed by atoms with E-state index in [0.717, 1.165) is 50.1 Å². The van der Waals surface area contributed by atoms with Gasteiger partial charge in [0, 0.05) is 22.0 Å². The smallest absolute Gasteiger partial charge is 0.143 e. The molecule has 9 aromatic carbocycles. The summed E-state index contributed by atoms with van der Waals surface area (Å²) < 4.78 is 6.96. The van der Waals surface area contributed by atoms with Gasteiger partial charge in [-0.15, -0.1) is 0 Å². The van der Waals surface area contributed by atoms with Crippen LogP contribution in [0.25, 0.3) is 76.9 Å². The van der Waals surface area contributed by atoms with Gasteiger partial charge in [-0.3, -0.25) is 0 Å². The molecule has 0 saturated carbocycles. The predicted octanol–water partition coefficient (Wildman–Crippen LogP) is 14.4. The maximum atomic E-state index is 6.96. The first-order valence-corrected chi connectivity index (χ1v) is 17.8. The van der Waals surface area contributed by atoms with E-state index in [1.54, 1.807) is 0 Å². The van der Waals surface area contributed by atoms with Crippen molar-refractivity contribution in [3.8, 4) is 33.4 Å². The van der Waals surface area contributed by atoms with Crippen molar-refractivity contribution in [2.24, 2.45) is 0 Å². The van der Waals surface area contributed by atoms with Crippen molar-refractivity contribution in [2.75, 3.05) is 4.90 Å². The SMILES string of the molecule is c1ccc(-c2ccc(-c3cc4ccccc4c4c3oc3cccc(N(c5ccc(-c6ccccc6)cc5)c5cccc6ccccc56)c34)cc2)cc1. The van der Waals surface area contributed by atoms with Gasteiger partial charge in [0.15, 0.2) is 0 Å². The van der Waals surface area contributed by atoms with Gasteiger partial charge >= 0.3 is 0 Å². The lowest BCUT2D eigenvalue weighted by Gasteiger charge is -2.28. The highest BCUT2D eigenvalue weighted by atomic mass is 16.3. The number of anilines is 3. The maximum absolute atomic E-state index is 6.96. The summed E-state index contributed by atoms with van der Waals surface area (Å²) in [6.45, 7) is 0. The maximum Gasteiger partial charge on any atom is 0.143 e. The molecule has 0 amide bonds. The number of rotatable bonds is 6. The largest absolute Gasteiger partial charge is 0.455 e. The molecule has 0 saturated heterocycles. The van der Waals surface area contributed by atoms with E-state index in [2.05, 4.69) is 205 Å². The molecule has 0 unspecified atom stereocenters. The second-order valence-corrected chi connectivity index (χ2v) is 13.3. The highest BCUT2D eigenvalue weighted by Crippen LogP contribution is 2.48. The third kappa shape index (κ3) is 5.04. The predicted molar refractivity (Wildman–Crippen MR) is 220 cm³/mol. The Balaban J connectivity index is 1.23. The molecular weight excluding hydrogens is 631 g/mol. The summed E-state index contributed by atoms with van der Waals surface area (Å²) in [6.07, 6.45) is 0. The first-order valence-electron chi connectivity index (χ1n) is 17.8. The van der Waals surface area contributed by atoms with Gasteiger partial charge in [0.05, 0.1) is 16.8 Å². The van der Waals surface area contributed by atoms with Crippen LogP contribution in [0, 0.1) is 0 Å². The average Bonchev–Trinajstić information content (AvgIpc) is 3.63. The molecule has 0 atom stereocenters. The lowest BCUT2D eigenvalue weighted by molar-refractivity contribution is 0.670. The van der Waals surface area contributed by atoms with Gasteiger partial charge in [0.25, 0.3) is 0 Å². The summed E-state index contributed by atoms with van der Waals surface area (Å²) in [5, 5.41) is 6.95. The third-order valence-corrected chi connectivity index (χ3v) is 10.3. The molecule has 52 heavy (non-hydrogen) atoms. The van der Waals surface area contributed by atoms with Crippen LogP contribution < -0.4 is 4.90 Å². The van der Waals surface area contributed by atoms with Crippen LogP contribution in [-0.2, 0) is 0 Å². The molecule has 1 aromatic heterocycles. The van der Waals surface area contributed by atoms with Gasteiger partial charge < -0.3 is 9.32 Å². The third-order valence-electron chi connectivity index (χ3n) is 10.3. The Labute approximate surface area is 302 Å². The Morgan fingerprint density at radius 1 is 0.346 bits per heavy atom. The minimum atomic E-state index is 0.858. The van der Waals surface area contributed by atoms with Crippen LogP contribution >= 0.6 is 0 Å². The highest BCUT2D eigenvalue weighted by Gasteiger charge is 2.24. The fourth-order valence-electron chi connectivity index (χ4n) is 7.77. The topological polar surface area (TPSA) is 16.4 Å². The first kappa shape index (κ1) is 30.0. The van der Waals surface area contributed by atoms with E-state index in [1.807, 2.05) is 0 Å². The van der Waals surface area contributed by atoms with Crippen molar-refractivity contribution in [3.63, 3.8) is 0 Å². The standard InChI is InChI=1S/C50H33NO/c1-3-13-34(14-4-1)36-25-27-39(28-26-36)44-33-40-18-8-10-21-43(40)48-49-46(23-12-24-47(49)52-50(44)48)51(45-22-11-19-38-17-7-9-20-42(38)45)41-31-29-37(30-32-41)35-15-5-2-6-16-35/h1-33H. The van der Waals surface area contributed by atoms with E-state index < -0.39 is 0 Å². The minimum absolute atomic E-state index is 0.858. The van der Waals surface area contributed by atoms with Gasteiger partial charge in [-0.05, 0) is 80.4 Å². The second kappa shape index (κ2) is 12.5. The van der Waals surface area contributed by atoms with E-state index in [0.29, 0.717) is 0 Å². The van der Waals surface area contributed by atoms with Crippen molar-refractivity contribution in [2.45, 2.75) is 0 Å². The highest BCUT2D eigenvalue weighted by molar-refractivity contribution is 6.26. The van der Waals surface area contributed by atoms with Gasteiger partial charge in [-0.25, -0.2) is 0 Å². The Kier molecular flexibility index (Phi) is 7.18. The fourth-order valence-corrected chi connectivity index (χ4v) is 7.77. The summed E-state index contributed by atoms with van der Waals surface area (Å²) in [6, 6.07) is 71.5. The molecule has 0 aliphatic rings. The number of benzene rings is 9. The summed E-state index contributed by atoms with van der Waals surface area (Å²) in [5.74, 6) is 0. The molecule has 0 bridgehead atoms. The van der Waals surface area contributed by atoms with Crippen molar-refractivity contribution in [1.82, 2.24) is 0 Å². The Morgan fingerprint density at radius 3 is 1.58 bits per heavy atom. The van der Waals surface area contributed by atoms with Gasteiger partial charge in [-0.1, -0.05) is 164 Å². The molecule has 10 rings (SSSR count). The van der Waals surface area contributed by atoms with Crippen LogP contribution in [-0.4, -0.2) is 0 Å². The number of nitrogens with zero attached hydrogens (tertiary/aromatic N) is 1. The lowest BCUT2D eigenvalue weighted by Crippen LogP contribution is -2.10. The number of furan rings is 1. The molecule has 2 heteroatoms. The molecule has 0 spiro atoms. The van der Waals surface area contributed by atoms with Crippen LogP contribution in [0.1, 0.15) is 0 Å². The molecule has 244 valence electrons. The van der Waals surface area contributed by atoms with Gasteiger partial charge in [0.2, 0.25) is 0 Å². The molecule has 1 heterocycles. The van der Waals surface area contributed by atoms with Crippen molar-refractivity contribution >= 4 is 60.5 Å². The van der Waals surface area contributed by atoms with Crippen LogP contribution in [0.4, 0.5) is 17.1 Å². The summed E-state index contributed by atoms with van der Waals surface area (Å²) in [4.78, 5) is 2.41. The molecular formula is C50H33NO. The van der Waals surface area contributed by atoms with E-state index >= 15 is 0 Å². The first-order chi connectivity index (χ1) is 25.8. The fraction of sp³-hybridized carbons (Fsp3) is 0. The molecule has 0 aliphatic carbocycles. The van der Waals surface area contributed by atoms with Crippen molar-refractivity contribution in [3.05, 3.63) is 200 Å². The Morgan fingerprint density at radius 2 is 0.865 bits per heavy atom. The van der Waals surface area contributed by atoms with Crippen LogP contribution in [0.2, 0.25) is 0 Å². The lowest BCUT2D eigenvalue weighted by atomic mass is 9.94. The Bertz CT molecular complexity index is 2870. The van der Waals surface area contributed by atoms with E-state index in [9.17, 15) is 0 Å². The average molecular weight is 664 g/mol.